The summed E-state index contributed by atoms with van der Waals surface area (Å²) in [4.78, 5) is 12.8. The van der Waals surface area contributed by atoms with Gasteiger partial charge in [-0.3, -0.25) is 4.57 Å². The smallest absolute Gasteiger partial charge is 0.165 e. The summed E-state index contributed by atoms with van der Waals surface area (Å²) >= 11 is 0. The molecule has 3 heterocycles. The van der Waals surface area contributed by atoms with Crippen LogP contribution in [0.25, 0.3) is 11.2 Å². The molecule has 0 spiro atoms. The van der Waals surface area contributed by atoms with Gasteiger partial charge in [0.1, 0.15) is 18.1 Å². The summed E-state index contributed by atoms with van der Waals surface area (Å²) in [7, 11) is 0. The molecule has 2 aromatic rings. The van der Waals surface area contributed by atoms with Crippen LogP contribution in [0.2, 0.25) is 0 Å². The quantitative estimate of drug-likeness (QED) is 0.860. The summed E-state index contributed by atoms with van der Waals surface area (Å²) in [5.74, 6) is 0.329. The Morgan fingerprint density at radius 3 is 3.00 bits per heavy atom. The minimum absolute atomic E-state index is 0.0570. The van der Waals surface area contributed by atoms with Crippen LogP contribution in [0.15, 0.2) is 12.7 Å². The summed E-state index contributed by atoms with van der Waals surface area (Å²) in [6.45, 7) is 4.08. The molecule has 0 aliphatic carbocycles. The molecule has 6 nitrogen and oxygen atoms in total. The van der Waals surface area contributed by atoms with Crippen LogP contribution in [-0.2, 0) is 4.74 Å². The largest absolute Gasteiger partial charge is 0.394 e. The predicted molar refractivity (Wildman–Crippen MR) is 64.8 cm³/mol. The van der Waals surface area contributed by atoms with E-state index >= 15 is 0 Å². The highest BCUT2D eigenvalue weighted by Crippen LogP contribution is 2.35. The van der Waals surface area contributed by atoms with Crippen LogP contribution >= 0.6 is 0 Å². The van der Waals surface area contributed by atoms with Crippen molar-refractivity contribution in [2.45, 2.75) is 32.6 Å². The number of ether oxygens (including phenoxy) is 1. The highest BCUT2D eigenvalue weighted by Gasteiger charge is 2.34. The third-order valence-corrected chi connectivity index (χ3v) is 3.47. The van der Waals surface area contributed by atoms with E-state index in [1.54, 1.807) is 12.7 Å². The van der Waals surface area contributed by atoms with Gasteiger partial charge in [-0.25, -0.2) is 15.0 Å². The summed E-state index contributed by atoms with van der Waals surface area (Å²) in [6.07, 6.45) is 3.93. The first-order valence-electron chi connectivity index (χ1n) is 6.11. The van der Waals surface area contributed by atoms with E-state index in [9.17, 15) is 5.11 Å². The minimum Gasteiger partial charge on any atom is -0.394 e. The fourth-order valence-electron chi connectivity index (χ4n) is 2.53. The first-order valence-corrected chi connectivity index (χ1v) is 6.11. The van der Waals surface area contributed by atoms with Crippen LogP contribution in [0, 0.1) is 12.8 Å². The number of aryl methyl sites for hydroxylation is 1. The number of imidazole rings is 1. The lowest BCUT2D eigenvalue weighted by molar-refractivity contribution is -0.0294. The van der Waals surface area contributed by atoms with E-state index in [4.69, 9.17) is 4.74 Å². The lowest BCUT2D eigenvalue weighted by Gasteiger charge is -2.17. The Labute approximate surface area is 105 Å². The lowest BCUT2D eigenvalue weighted by atomic mass is 10.1. The standard InChI is InChI=1S/C12H16N4O2/c1-7-3-9(4-17)18-12(7)16-6-15-10-8(2)13-5-14-11(10)16/h5-7,9,12,17H,3-4H2,1-2H3/t7-,9-,12+/m0/s1. The molecule has 18 heavy (non-hydrogen) atoms. The fourth-order valence-corrected chi connectivity index (χ4v) is 2.53. The Balaban J connectivity index is 2.02. The van der Waals surface area contributed by atoms with Crippen molar-refractivity contribution in [2.24, 2.45) is 5.92 Å². The SMILES string of the molecule is Cc1ncnc2c1ncn2[C@@H]1O[C@H](CO)C[C@@H]1C. The number of rotatable bonds is 2. The van der Waals surface area contributed by atoms with Gasteiger partial charge in [0.2, 0.25) is 0 Å². The van der Waals surface area contributed by atoms with Gasteiger partial charge in [-0.15, -0.1) is 0 Å². The zero-order chi connectivity index (χ0) is 12.7. The molecular weight excluding hydrogens is 232 g/mol. The Hall–Kier alpha value is -1.53. The van der Waals surface area contributed by atoms with Crippen molar-refractivity contribution in [3.05, 3.63) is 18.3 Å². The van der Waals surface area contributed by atoms with Gasteiger partial charge in [-0.1, -0.05) is 6.92 Å². The number of nitrogens with zero attached hydrogens (tertiary/aromatic N) is 4. The first kappa shape index (κ1) is 11.6. The number of aromatic nitrogens is 4. The molecule has 6 heteroatoms. The van der Waals surface area contributed by atoms with Crippen molar-refractivity contribution in [1.29, 1.82) is 0 Å². The van der Waals surface area contributed by atoms with E-state index in [2.05, 4.69) is 21.9 Å². The van der Waals surface area contributed by atoms with Gasteiger partial charge in [0.15, 0.2) is 5.65 Å². The monoisotopic (exact) mass is 248 g/mol. The second-order valence-electron chi connectivity index (χ2n) is 4.83. The van der Waals surface area contributed by atoms with Crippen molar-refractivity contribution in [3.8, 4) is 0 Å². The van der Waals surface area contributed by atoms with Gasteiger partial charge in [0, 0.05) is 5.92 Å². The maximum Gasteiger partial charge on any atom is 0.165 e. The van der Waals surface area contributed by atoms with Gasteiger partial charge >= 0.3 is 0 Å². The van der Waals surface area contributed by atoms with Gasteiger partial charge < -0.3 is 9.84 Å². The van der Waals surface area contributed by atoms with E-state index in [1.165, 1.54) is 0 Å². The van der Waals surface area contributed by atoms with Crippen molar-refractivity contribution in [2.75, 3.05) is 6.61 Å². The maximum atomic E-state index is 9.18. The van der Waals surface area contributed by atoms with Crippen molar-refractivity contribution in [3.63, 3.8) is 0 Å². The van der Waals surface area contributed by atoms with Crippen LogP contribution in [0.3, 0.4) is 0 Å². The lowest BCUT2D eigenvalue weighted by Crippen LogP contribution is -2.15. The molecule has 1 fully saturated rings. The maximum absolute atomic E-state index is 9.18. The topological polar surface area (TPSA) is 73.1 Å². The Morgan fingerprint density at radius 1 is 1.44 bits per heavy atom. The van der Waals surface area contributed by atoms with Crippen molar-refractivity contribution >= 4 is 11.2 Å². The molecule has 1 saturated heterocycles. The van der Waals surface area contributed by atoms with Crippen LogP contribution in [0.1, 0.15) is 25.3 Å². The number of fused-ring (bicyclic) bond motifs is 1. The normalized spacial score (nSPS) is 28.1. The molecule has 0 bridgehead atoms. The van der Waals surface area contributed by atoms with Gasteiger partial charge in [0.05, 0.1) is 24.7 Å². The second kappa shape index (κ2) is 4.29. The summed E-state index contributed by atoms with van der Waals surface area (Å²) in [6, 6.07) is 0. The van der Waals surface area contributed by atoms with Crippen LogP contribution < -0.4 is 0 Å². The highest BCUT2D eigenvalue weighted by molar-refractivity contribution is 5.72. The van der Waals surface area contributed by atoms with E-state index in [1.807, 2.05) is 11.5 Å². The third-order valence-electron chi connectivity index (χ3n) is 3.47. The molecule has 0 aromatic carbocycles. The van der Waals surface area contributed by atoms with Gasteiger partial charge in [-0.2, -0.15) is 0 Å². The molecule has 2 aromatic heterocycles. The number of hydrogen-bond donors (Lipinski definition) is 1. The Kier molecular flexibility index (Phi) is 2.76. The summed E-state index contributed by atoms with van der Waals surface area (Å²) in [5.41, 5.74) is 2.46. The molecule has 0 amide bonds. The van der Waals surface area contributed by atoms with E-state index in [0.717, 1.165) is 23.3 Å². The van der Waals surface area contributed by atoms with Gasteiger partial charge in [0.25, 0.3) is 0 Å². The van der Waals surface area contributed by atoms with E-state index in [-0.39, 0.29) is 18.9 Å². The van der Waals surface area contributed by atoms with Crippen molar-refractivity contribution in [1.82, 2.24) is 19.5 Å². The molecular formula is C12H16N4O2. The molecule has 1 N–H and O–H groups in total. The zero-order valence-electron chi connectivity index (χ0n) is 10.4. The number of aliphatic hydroxyl groups excluding tert-OH is 1. The molecule has 0 unspecified atom stereocenters. The number of aliphatic hydroxyl groups is 1. The fraction of sp³-hybridized carbons (Fsp3) is 0.583. The van der Waals surface area contributed by atoms with Crippen LogP contribution in [-0.4, -0.2) is 37.3 Å². The minimum atomic E-state index is -0.110. The van der Waals surface area contributed by atoms with Crippen molar-refractivity contribution < 1.29 is 9.84 Å². The molecule has 0 radical (unpaired) electrons. The average molecular weight is 248 g/mol. The predicted octanol–water partition coefficient (Wildman–Crippen LogP) is 1.05. The van der Waals surface area contributed by atoms with Gasteiger partial charge in [-0.05, 0) is 13.3 Å². The third kappa shape index (κ3) is 1.69. The summed E-state index contributed by atoms with van der Waals surface area (Å²) in [5, 5.41) is 9.18. The Bertz CT molecular complexity index is 568. The zero-order valence-corrected chi connectivity index (χ0v) is 10.4. The van der Waals surface area contributed by atoms with Crippen LogP contribution in [0.4, 0.5) is 0 Å². The van der Waals surface area contributed by atoms with Crippen LogP contribution in [0.5, 0.6) is 0 Å². The molecule has 0 saturated carbocycles. The van der Waals surface area contributed by atoms with E-state index in [0.29, 0.717) is 5.92 Å². The molecule has 96 valence electrons. The molecule has 1 aliphatic heterocycles. The molecule has 3 atom stereocenters. The summed E-state index contributed by atoms with van der Waals surface area (Å²) < 4.78 is 7.76. The van der Waals surface area contributed by atoms with E-state index < -0.39 is 0 Å². The molecule has 1 aliphatic rings. The Morgan fingerprint density at radius 2 is 2.28 bits per heavy atom. The number of hydrogen-bond acceptors (Lipinski definition) is 5. The molecule has 3 rings (SSSR count). The second-order valence-corrected chi connectivity index (χ2v) is 4.83. The average Bonchev–Trinajstić information content (AvgIpc) is 2.93. The first-order chi connectivity index (χ1) is 8.70. The highest BCUT2D eigenvalue weighted by atomic mass is 16.5.